The van der Waals surface area contributed by atoms with E-state index >= 15 is 0 Å². The van der Waals surface area contributed by atoms with Gasteiger partial charge in [0.1, 0.15) is 5.01 Å². The first kappa shape index (κ1) is 15.9. The molecule has 1 heterocycles. The molecular formula is C14H25ClN2S. The van der Waals surface area contributed by atoms with Gasteiger partial charge in [-0.15, -0.1) is 22.9 Å². The number of halogens is 1. The van der Waals surface area contributed by atoms with Crippen molar-refractivity contribution >= 4 is 22.9 Å². The maximum absolute atomic E-state index is 6.24. The predicted molar refractivity (Wildman–Crippen MR) is 81.6 cm³/mol. The van der Waals surface area contributed by atoms with Gasteiger partial charge in [0.2, 0.25) is 0 Å². The molecule has 0 bridgehead atoms. The number of thiazole rings is 1. The Bertz CT molecular complexity index is 355. The zero-order valence-electron chi connectivity index (χ0n) is 12.1. The molecular weight excluding hydrogens is 264 g/mol. The maximum atomic E-state index is 6.24. The lowest BCUT2D eigenvalue weighted by molar-refractivity contribution is 0.531. The van der Waals surface area contributed by atoms with Crippen LogP contribution < -0.4 is 5.32 Å². The number of aromatic nitrogens is 1. The van der Waals surface area contributed by atoms with Crippen molar-refractivity contribution in [2.75, 3.05) is 6.54 Å². The van der Waals surface area contributed by atoms with Crippen LogP contribution in [0.25, 0.3) is 0 Å². The van der Waals surface area contributed by atoms with Crippen molar-refractivity contribution in [3.63, 3.8) is 0 Å². The smallest absolute Gasteiger partial charge is 0.107 e. The molecule has 0 fully saturated rings. The Morgan fingerprint density at radius 3 is 2.56 bits per heavy atom. The van der Waals surface area contributed by atoms with Crippen molar-refractivity contribution in [3.05, 3.63) is 16.1 Å². The number of alkyl halides is 1. The van der Waals surface area contributed by atoms with Crippen LogP contribution in [0.2, 0.25) is 0 Å². The zero-order valence-corrected chi connectivity index (χ0v) is 13.7. The first-order chi connectivity index (χ1) is 8.29. The van der Waals surface area contributed by atoms with Gasteiger partial charge in [-0.2, -0.15) is 0 Å². The molecule has 0 radical (unpaired) electrons. The number of hydrogen-bond acceptors (Lipinski definition) is 3. The van der Waals surface area contributed by atoms with Gasteiger partial charge in [0.05, 0.1) is 5.69 Å². The van der Waals surface area contributed by atoms with Gasteiger partial charge in [-0.3, -0.25) is 0 Å². The highest BCUT2D eigenvalue weighted by Gasteiger charge is 2.17. The molecule has 1 N–H and O–H groups in total. The standard InChI is InChI=1S/C14H25ClN2S/c1-10(2)6-11(15)7-16-8-13-17-12(9-18-13)14(3,4)5/h9-11,16H,6-8H2,1-5H3. The first-order valence-electron chi connectivity index (χ1n) is 6.58. The van der Waals surface area contributed by atoms with E-state index in [0.29, 0.717) is 5.92 Å². The van der Waals surface area contributed by atoms with Gasteiger partial charge in [0, 0.05) is 29.3 Å². The summed E-state index contributed by atoms with van der Waals surface area (Å²) in [7, 11) is 0. The third-order valence-corrected chi connectivity index (χ3v) is 3.87. The average molecular weight is 289 g/mol. The molecule has 0 saturated heterocycles. The fraction of sp³-hybridized carbons (Fsp3) is 0.786. The summed E-state index contributed by atoms with van der Waals surface area (Å²) in [5, 5.41) is 6.91. The Kier molecular flexibility index (Phi) is 6.09. The zero-order chi connectivity index (χ0) is 13.8. The third kappa shape index (κ3) is 5.68. The number of nitrogens with zero attached hydrogens (tertiary/aromatic N) is 1. The summed E-state index contributed by atoms with van der Waals surface area (Å²) >= 11 is 7.97. The molecule has 0 amide bonds. The number of nitrogens with one attached hydrogen (secondary N) is 1. The molecule has 1 aromatic rings. The fourth-order valence-corrected chi connectivity index (χ4v) is 3.12. The van der Waals surface area contributed by atoms with Gasteiger partial charge in [-0.25, -0.2) is 4.98 Å². The van der Waals surface area contributed by atoms with Gasteiger partial charge in [0.25, 0.3) is 0 Å². The van der Waals surface area contributed by atoms with Crippen molar-refractivity contribution in [2.24, 2.45) is 5.92 Å². The Hall–Kier alpha value is -0.120. The molecule has 1 unspecified atom stereocenters. The third-order valence-electron chi connectivity index (χ3n) is 2.69. The molecule has 1 aromatic heterocycles. The van der Waals surface area contributed by atoms with Crippen molar-refractivity contribution in [1.29, 1.82) is 0 Å². The van der Waals surface area contributed by atoms with Gasteiger partial charge < -0.3 is 5.32 Å². The van der Waals surface area contributed by atoms with E-state index in [9.17, 15) is 0 Å². The summed E-state index contributed by atoms with van der Waals surface area (Å²) in [4.78, 5) is 4.65. The quantitative estimate of drug-likeness (QED) is 0.794. The summed E-state index contributed by atoms with van der Waals surface area (Å²) in [6, 6.07) is 0. The molecule has 0 aromatic carbocycles. The van der Waals surface area contributed by atoms with Crippen molar-refractivity contribution < 1.29 is 0 Å². The Morgan fingerprint density at radius 1 is 1.39 bits per heavy atom. The van der Waals surface area contributed by atoms with Crippen molar-refractivity contribution in [2.45, 2.75) is 58.4 Å². The molecule has 104 valence electrons. The SMILES string of the molecule is CC(C)CC(Cl)CNCc1nc(C(C)(C)C)cs1. The van der Waals surface area contributed by atoms with Gasteiger partial charge in [-0.1, -0.05) is 34.6 Å². The molecule has 0 saturated carbocycles. The summed E-state index contributed by atoms with van der Waals surface area (Å²) in [5.74, 6) is 0.654. The summed E-state index contributed by atoms with van der Waals surface area (Å²) in [5.41, 5.74) is 1.32. The Morgan fingerprint density at radius 2 is 2.06 bits per heavy atom. The van der Waals surface area contributed by atoms with Crippen LogP contribution in [-0.4, -0.2) is 16.9 Å². The summed E-state index contributed by atoms with van der Waals surface area (Å²) in [6.07, 6.45) is 1.06. The maximum Gasteiger partial charge on any atom is 0.107 e. The van der Waals surface area contributed by atoms with Crippen LogP contribution >= 0.6 is 22.9 Å². The van der Waals surface area contributed by atoms with Crippen LogP contribution in [0, 0.1) is 5.92 Å². The van der Waals surface area contributed by atoms with Crippen LogP contribution in [-0.2, 0) is 12.0 Å². The van der Waals surface area contributed by atoms with Crippen LogP contribution in [0.5, 0.6) is 0 Å². The van der Waals surface area contributed by atoms with E-state index in [4.69, 9.17) is 11.6 Å². The van der Waals surface area contributed by atoms with E-state index in [2.05, 4.69) is 50.3 Å². The van der Waals surface area contributed by atoms with Crippen LogP contribution in [0.1, 0.15) is 51.7 Å². The van der Waals surface area contributed by atoms with E-state index in [1.807, 2.05) is 0 Å². The predicted octanol–water partition coefficient (Wildman–Crippen LogP) is 4.18. The second-order valence-corrected chi connectivity index (χ2v) is 7.79. The van der Waals surface area contributed by atoms with Gasteiger partial charge >= 0.3 is 0 Å². The first-order valence-corrected chi connectivity index (χ1v) is 7.90. The lowest BCUT2D eigenvalue weighted by Crippen LogP contribution is -2.24. The van der Waals surface area contributed by atoms with E-state index in [1.165, 1.54) is 5.69 Å². The van der Waals surface area contributed by atoms with Gasteiger partial charge in [-0.05, 0) is 12.3 Å². The minimum absolute atomic E-state index is 0.140. The molecule has 1 atom stereocenters. The molecule has 0 aliphatic rings. The van der Waals surface area contributed by atoms with Crippen LogP contribution in [0.15, 0.2) is 5.38 Å². The highest BCUT2D eigenvalue weighted by molar-refractivity contribution is 7.09. The number of rotatable bonds is 6. The fourth-order valence-electron chi connectivity index (χ4n) is 1.67. The summed E-state index contributed by atoms with van der Waals surface area (Å²) < 4.78 is 0. The van der Waals surface area contributed by atoms with Crippen LogP contribution in [0.3, 0.4) is 0 Å². The van der Waals surface area contributed by atoms with Crippen molar-refractivity contribution in [3.8, 4) is 0 Å². The van der Waals surface area contributed by atoms with E-state index in [-0.39, 0.29) is 10.8 Å². The highest BCUT2D eigenvalue weighted by Crippen LogP contribution is 2.23. The molecule has 0 spiro atoms. The van der Waals surface area contributed by atoms with E-state index in [0.717, 1.165) is 24.5 Å². The second-order valence-electron chi connectivity index (χ2n) is 6.23. The van der Waals surface area contributed by atoms with E-state index in [1.54, 1.807) is 11.3 Å². The molecule has 0 aliphatic carbocycles. The second kappa shape index (κ2) is 6.88. The normalized spacial score (nSPS) is 14.2. The molecule has 18 heavy (non-hydrogen) atoms. The Balaban J connectivity index is 2.34. The number of hydrogen-bond donors (Lipinski definition) is 1. The summed E-state index contributed by atoms with van der Waals surface area (Å²) in [6.45, 7) is 12.6. The molecule has 0 aliphatic heterocycles. The van der Waals surface area contributed by atoms with E-state index < -0.39 is 0 Å². The largest absolute Gasteiger partial charge is 0.309 e. The topological polar surface area (TPSA) is 24.9 Å². The molecule has 2 nitrogen and oxygen atoms in total. The lowest BCUT2D eigenvalue weighted by Gasteiger charge is -2.14. The monoisotopic (exact) mass is 288 g/mol. The average Bonchev–Trinajstić information content (AvgIpc) is 2.64. The van der Waals surface area contributed by atoms with Gasteiger partial charge in [0.15, 0.2) is 0 Å². The minimum atomic E-state index is 0.140. The minimum Gasteiger partial charge on any atom is -0.309 e. The molecule has 1 rings (SSSR count). The van der Waals surface area contributed by atoms with Crippen molar-refractivity contribution in [1.82, 2.24) is 10.3 Å². The van der Waals surface area contributed by atoms with Crippen LogP contribution in [0.4, 0.5) is 0 Å². The Labute approximate surface area is 120 Å². The highest BCUT2D eigenvalue weighted by atomic mass is 35.5. The molecule has 4 heteroatoms. The lowest BCUT2D eigenvalue weighted by atomic mass is 9.93.